The van der Waals surface area contributed by atoms with Crippen LogP contribution in [0, 0.1) is 0 Å². The van der Waals surface area contributed by atoms with Gasteiger partial charge in [0.1, 0.15) is 5.75 Å². The molecule has 0 heterocycles. The lowest BCUT2D eigenvalue weighted by Crippen LogP contribution is -2.30. The van der Waals surface area contributed by atoms with Gasteiger partial charge in [0.25, 0.3) is 5.91 Å². The zero-order chi connectivity index (χ0) is 15.9. The number of amides is 2. The van der Waals surface area contributed by atoms with Crippen LogP contribution in [0.5, 0.6) is 5.75 Å². The fraction of sp³-hybridized carbons (Fsp3) is 0.250. The highest BCUT2D eigenvalue weighted by molar-refractivity contribution is 6.35. The molecule has 0 saturated heterocycles. The van der Waals surface area contributed by atoms with Crippen LogP contribution in [0.1, 0.15) is 12.8 Å². The van der Waals surface area contributed by atoms with E-state index in [4.69, 9.17) is 22.1 Å². The number of fused-ring (bicyclic) bond motifs is 1. The van der Waals surface area contributed by atoms with Crippen molar-refractivity contribution in [2.45, 2.75) is 12.8 Å². The normalized spacial score (nSPS) is 10.4. The number of rotatable bonds is 7. The molecule has 0 fully saturated rings. The first-order valence-corrected chi connectivity index (χ1v) is 7.31. The van der Waals surface area contributed by atoms with Gasteiger partial charge >= 0.3 is 0 Å². The average molecular weight is 321 g/mol. The van der Waals surface area contributed by atoms with Crippen molar-refractivity contribution in [1.82, 2.24) is 5.32 Å². The predicted molar refractivity (Wildman–Crippen MR) is 85.9 cm³/mol. The molecule has 0 radical (unpaired) electrons. The SMILES string of the molecule is NC(=O)CCCNC(=O)COc1ccc(Cl)c2ccccc12. The molecule has 116 valence electrons. The number of primary amides is 1. The molecule has 2 rings (SSSR count). The molecule has 22 heavy (non-hydrogen) atoms. The molecule has 2 aromatic rings. The summed E-state index contributed by atoms with van der Waals surface area (Å²) in [5, 5.41) is 5.04. The molecule has 2 amide bonds. The minimum Gasteiger partial charge on any atom is -0.483 e. The lowest BCUT2D eigenvalue weighted by molar-refractivity contribution is -0.123. The van der Waals surface area contributed by atoms with E-state index in [1.807, 2.05) is 24.3 Å². The summed E-state index contributed by atoms with van der Waals surface area (Å²) in [7, 11) is 0. The topological polar surface area (TPSA) is 81.4 Å². The Bertz CT molecular complexity index is 688. The van der Waals surface area contributed by atoms with E-state index in [2.05, 4.69) is 5.32 Å². The highest BCUT2D eigenvalue weighted by Crippen LogP contribution is 2.31. The fourth-order valence-electron chi connectivity index (χ4n) is 2.05. The first-order chi connectivity index (χ1) is 10.6. The zero-order valence-electron chi connectivity index (χ0n) is 12.0. The number of hydrogen-bond acceptors (Lipinski definition) is 3. The third-order valence-electron chi connectivity index (χ3n) is 3.11. The molecule has 0 aliphatic heterocycles. The molecule has 5 nitrogen and oxygen atoms in total. The number of benzene rings is 2. The van der Waals surface area contributed by atoms with E-state index in [1.54, 1.807) is 12.1 Å². The van der Waals surface area contributed by atoms with Crippen LogP contribution in [0.4, 0.5) is 0 Å². The number of ether oxygens (including phenoxy) is 1. The van der Waals surface area contributed by atoms with Gasteiger partial charge in [-0.25, -0.2) is 0 Å². The van der Waals surface area contributed by atoms with E-state index in [0.29, 0.717) is 23.7 Å². The molecule has 3 N–H and O–H groups in total. The smallest absolute Gasteiger partial charge is 0.257 e. The molecule has 0 unspecified atom stereocenters. The quantitative estimate of drug-likeness (QED) is 0.768. The standard InChI is InChI=1S/C16H17ClN2O3/c17-13-7-8-14(12-5-2-1-4-11(12)13)22-10-16(21)19-9-3-6-15(18)20/h1-2,4-5,7-8H,3,6,9-10H2,(H2,18,20)(H,19,21). The minimum absolute atomic E-state index is 0.0950. The number of hydrogen-bond donors (Lipinski definition) is 2. The van der Waals surface area contributed by atoms with Crippen molar-refractivity contribution in [3.63, 3.8) is 0 Å². The van der Waals surface area contributed by atoms with Gasteiger partial charge in [-0.1, -0.05) is 35.9 Å². The van der Waals surface area contributed by atoms with Gasteiger partial charge in [0.05, 0.1) is 0 Å². The highest BCUT2D eigenvalue weighted by atomic mass is 35.5. The maximum absolute atomic E-state index is 11.7. The van der Waals surface area contributed by atoms with Crippen molar-refractivity contribution < 1.29 is 14.3 Å². The second-order valence-electron chi connectivity index (χ2n) is 4.80. The summed E-state index contributed by atoms with van der Waals surface area (Å²) in [6.07, 6.45) is 0.772. The summed E-state index contributed by atoms with van der Waals surface area (Å²) in [5.41, 5.74) is 5.02. The Kier molecular flexibility index (Phi) is 5.61. The summed E-state index contributed by atoms with van der Waals surface area (Å²) in [6.45, 7) is 0.300. The average Bonchev–Trinajstić information content (AvgIpc) is 2.51. The van der Waals surface area contributed by atoms with Gasteiger partial charge in [-0.3, -0.25) is 9.59 Å². The minimum atomic E-state index is -0.377. The lowest BCUT2D eigenvalue weighted by Gasteiger charge is -2.10. The van der Waals surface area contributed by atoms with Crippen molar-refractivity contribution in [3.05, 3.63) is 41.4 Å². The van der Waals surface area contributed by atoms with Gasteiger partial charge < -0.3 is 15.8 Å². The van der Waals surface area contributed by atoms with Crippen molar-refractivity contribution in [2.75, 3.05) is 13.2 Å². The van der Waals surface area contributed by atoms with Crippen molar-refractivity contribution in [3.8, 4) is 5.75 Å². The van der Waals surface area contributed by atoms with Gasteiger partial charge in [-0.05, 0) is 18.6 Å². The number of nitrogens with one attached hydrogen (secondary N) is 1. The van der Waals surface area contributed by atoms with Crippen LogP contribution in [0.2, 0.25) is 5.02 Å². The van der Waals surface area contributed by atoms with Crippen LogP contribution in [0.3, 0.4) is 0 Å². The number of halogens is 1. The Balaban J connectivity index is 1.91. The Morgan fingerprint density at radius 1 is 1.14 bits per heavy atom. The maximum atomic E-state index is 11.7. The van der Waals surface area contributed by atoms with Gasteiger partial charge in [0, 0.05) is 28.8 Å². The Morgan fingerprint density at radius 2 is 1.86 bits per heavy atom. The van der Waals surface area contributed by atoms with E-state index in [-0.39, 0.29) is 24.8 Å². The molecule has 0 atom stereocenters. The van der Waals surface area contributed by atoms with Crippen LogP contribution in [-0.4, -0.2) is 25.0 Å². The Morgan fingerprint density at radius 3 is 2.59 bits per heavy atom. The molecule has 0 bridgehead atoms. The first-order valence-electron chi connectivity index (χ1n) is 6.93. The molecule has 0 aliphatic rings. The Labute approximate surface area is 133 Å². The molecule has 6 heteroatoms. The second-order valence-corrected chi connectivity index (χ2v) is 5.21. The lowest BCUT2D eigenvalue weighted by atomic mass is 10.1. The summed E-state index contributed by atoms with van der Waals surface area (Å²) < 4.78 is 5.55. The molecule has 2 aromatic carbocycles. The third-order valence-corrected chi connectivity index (χ3v) is 3.44. The zero-order valence-corrected chi connectivity index (χ0v) is 12.7. The molecule has 0 saturated carbocycles. The molecule has 0 aliphatic carbocycles. The van der Waals surface area contributed by atoms with Crippen LogP contribution < -0.4 is 15.8 Å². The van der Waals surface area contributed by atoms with E-state index in [1.165, 1.54) is 0 Å². The number of nitrogens with two attached hydrogens (primary N) is 1. The summed E-state index contributed by atoms with van der Waals surface area (Å²) in [5.74, 6) is -0.0195. The number of carbonyl (C=O) groups is 2. The van der Waals surface area contributed by atoms with Crippen molar-refractivity contribution in [2.24, 2.45) is 5.73 Å². The van der Waals surface area contributed by atoms with Crippen LogP contribution in [0.15, 0.2) is 36.4 Å². The van der Waals surface area contributed by atoms with Gasteiger partial charge in [0.2, 0.25) is 5.91 Å². The monoisotopic (exact) mass is 320 g/mol. The second kappa shape index (κ2) is 7.66. The van der Waals surface area contributed by atoms with E-state index >= 15 is 0 Å². The molecule has 0 spiro atoms. The molecule has 0 aromatic heterocycles. The molecular weight excluding hydrogens is 304 g/mol. The first kappa shape index (κ1) is 16.1. The Hall–Kier alpha value is -2.27. The summed E-state index contributed by atoms with van der Waals surface area (Å²) >= 11 is 6.13. The summed E-state index contributed by atoms with van der Waals surface area (Å²) in [4.78, 5) is 22.3. The van der Waals surface area contributed by atoms with Crippen LogP contribution in [-0.2, 0) is 9.59 Å². The predicted octanol–water partition coefficient (Wildman–Crippen LogP) is 2.25. The highest BCUT2D eigenvalue weighted by Gasteiger charge is 2.07. The van der Waals surface area contributed by atoms with E-state index in [0.717, 1.165) is 10.8 Å². The largest absolute Gasteiger partial charge is 0.483 e. The number of carbonyl (C=O) groups excluding carboxylic acids is 2. The van der Waals surface area contributed by atoms with E-state index < -0.39 is 0 Å². The van der Waals surface area contributed by atoms with Crippen LogP contribution in [0.25, 0.3) is 10.8 Å². The third kappa shape index (κ3) is 4.36. The van der Waals surface area contributed by atoms with Gasteiger partial charge in [-0.15, -0.1) is 0 Å². The van der Waals surface area contributed by atoms with Gasteiger partial charge in [-0.2, -0.15) is 0 Å². The molecular formula is C16H17ClN2O3. The van der Waals surface area contributed by atoms with Crippen molar-refractivity contribution >= 4 is 34.2 Å². The summed E-state index contributed by atoms with van der Waals surface area (Å²) in [6, 6.07) is 11.0. The fourth-order valence-corrected chi connectivity index (χ4v) is 2.27. The van der Waals surface area contributed by atoms with Crippen molar-refractivity contribution in [1.29, 1.82) is 0 Å². The maximum Gasteiger partial charge on any atom is 0.257 e. The van der Waals surface area contributed by atoms with E-state index in [9.17, 15) is 9.59 Å². The van der Waals surface area contributed by atoms with Gasteiger partial charge in [0.15, 0.2) is 6.61 Å². The van der Waals surface area contributed by atoms with Crippen LogP contribution >= 0.6 is 11.6 Å².